The van der Waals surface area contributed by atoms with Crippen LogP contribution in [0.1, 0.15) is 54.2 Å². The van der Waals surface area contributed by atoms with Crippen LogP contribution < -0.4 is 14.8 Å². The van der Waals surface area contributed by atoms with Crippen LogP contribution >= 0.6 is 11.3 Å². The molecule has 2 aromatic carbocycles. The molecule has 0 bridgehead atoms. The van der Waals surface area contributed by atoms with Crippen LogP contribution in [0.4, 0.5) is 0 Å². The minimum atomic E-state index is -1.22. The number of benzene rings is 2. The lowest BCUT2D eigenvalue weighted by Crippen LogP contribution is -2.64. The highest BCUT2D eigenvalue weighted by molar-refractivity contribution is 7.17. The summed E-state index contributed by atoms with van der Waals surface area (Å²) in [6.45, 7) is 3.06. The highest BCUT2D eigenvalue weighted by atomic mass is 32.1. The van der Waals surface area contributed by atoms with Gasteiger partial charge in [-0.2, -0.15) is 0 Å². The minimum Gasteiger partial charge on any atom is -0.454 e. The average Bonchev–Trinajstić information content (AvgIpc) is 3.69. The van der Waals surface area contributed by atoms with Gasteiger partial charge < -0.3 is 24.3 Å². The first kappa shape index (κ1) is 24.3. The molecule has 1 saturated carbocycles. The number of thiophene rings is 1. The summed E-state index contributed by atoms with van der Waals surface area (Å²) < 4.78 is 14.2. The molecule has 7 rings (SSSR count). The van der Waals surface area contributed by atoms with Crippen molar-refractivity contribution in [1.29, 1.82) is 0 Å². The zero-order valence-electron chi connectivity index (χ0n) is 21.9. The summed E-state index contributed by atoms with van der Waals surface area (Å²) in [5.74, 6) is 1.75. The summed E-state index contributed by atoms with van der Waals surface area (Å²) in [7, 11) is 0. The third kappa shape index (κ3) is 4.00. The summed E-state index contributed by atoms with van der Waals surface area (Å²) in [5, 5.41) is 5.44. The predicted molar refractivity (Wildman–Crippen MR) is 150 cm³/mol. The highest BCUT2D eigenvalue weighted by Gasteiger charge is 2.53. The molecule has 7 nitrogen and oxygen atoms in total. The van der Waals surface area contributed by atoms with Crippen molar-refractivity contribution in [3.63, 3.8) is 0 Å². The predicted octanol–water partition coefficient (Wildman–Crippen LogP) is 5.68. The first-order valence-corrected chi connectivity index (χ1v) is 14.5. The standard InChI is InChI=1S/C31H31N3O4S/c1-20-7-10-23(11-8-20)32-30(36)31(22-5-3-2-4-6-22)18-33-24-13-14-39-28(24)16-25(33)29(35)34(31)17-21-9-12-26-27(15-21)38-19-37-26/h2-6,9,12-16,20,23H,7-8,10-11,17-19H2,1H3,(H,32,36). The smallest absolute Gasteiger partial charge is 0.272 e. The van der Waals surface area contributed by atoms with Gasteiger partial charge in [0.05, 0.1) is 16.8 Å². The van der Waals surface area contributed by atoms with Crippen LogP contribution in [0.3, 0.4) is 0 Å². The van der Waals surface area contributed by atoms with Gasteiger partial charge in [-0.1, -0.05) is 43.3 Å². The Kier molecular flexibility index (Phi) is 5.88. The molecular formula is C31H31N3O4S. The van der Waals surface area contributed by atoms with Crippen molar-refractivity contribution in [1.82, 2.24) is 14.8 Å². The van der Waals surface area contributed by atoms with Crippen LogP contribution in [-0.2, 0) is 23.4 Å². The van der Waals surface area contributed by atoms with Crippen LogP contribution in [0.5, 0.6) is 11.5 Å². The molecule has 200 valence electrons. The lowest BCUT2D eigenvalue weighted by atomic mass is 9.82. The van der Waals surface area contributed by atoms with E-state index in [-0.39, 0.29) is 31.2 Å². The van der Waals surface area contributed by atoms with E-state index in [1.54, 1.807) is 16.2 Å². The van der Waals surface area contributed by atoms with Gasteiger partial charge in [-0.25, -0.2) is 0 Å². The topological polar surface area (TPSA) is 72.8 Å². The maximum Gasteiger partial charge on any atom is 0.272 e. The van der Waals surface area contributed by atoms with Crippen molar-refractivity contribution in [3.05, 3.63) is 82.9 Å². The van der Waals surface area contributed by atoms with Crippen LogP contribution in [0.25, 0.3) is 10.2 Å². The second-order valence-electron chi connectivity index (χ2n) is 11.0. The molecule has 2 amide bonds. The fourth-order valence-electron chi connectivity index (χ4n) is 6.37. The Morgan fingerprint density at radius 3 is 2.64 bits per heavy atom. The molecule has 39 heavy (non-hydrogen) atoms. The first-order valence-electron chi connectivity index (χ1n) is 13.7. The van der Waals surface area contributed by atoms with E-state index in [1.807, 2.05) is 70.6 Å². The van der Waals surface area contributed by atoms with Gasteiger partial charge in [-0.15, -0.1) is 11.3 Å². The number of aromatic nitrogens is 1. The fourth-order valence-corrected chi connectivity index (χ4v) is 7.20. The number of carbonyl (C=O) groups is 2. The van der Waals surface area contributed by atoms with E-state index >= 15 is 0 Å². The van der Waals surface area contributed by atoms with Crippen molar-refractivity contribution in [3.8, 4) is 11.5 Å². The van der Waals surface area contributed by atoms with Crippen LogP contribution in [0.2, 0.25) is 0 Å². The Hall–Kier alpha value is -3.78. The molecule has 0 radical (unpaired) electrons. The van der Waals surface area contributed by atoms with Crippen molar-refractivity contribution >= 4 is 33.4 Å². The normalized spacial score (nSPS) is 24.1. The molecule has 3 aliphatic rings. The third-order valence-electron chi connectivity index (χ3n) is 8.59. The number of hydrogen-bond donors (Lipinski definition) is 1. The monoisotopic (exact) mass is 541 g/mol. The van der Waals surface area contributed by atoms with Crippen molar-refractivity contribution in [2.45, 2.75) is 57.3 Å². The summed E-state index contributed by atoms with van der Waals surface area (Å²) in [4.78, 5) is 30.9. The molecule has 1 aliphatic carbocycles. The number of hydrogen-bond acceptors (Lipinski definition) is 5. The Morgan fingerprint density at radius 2 is 1.82 bits per heavy atom. The van der Waals surface area contributed by atoms with Crippen molar-refractivity contribution in [2.24, 2.45) is 5.92 Å². The van der Waals surface area contributed by atoms with Crippen LogP contribution in [-0.4, -0.2) is 34.1 Å². The lowest BCUT2D eigenvalue weighted by molar-refractivity contribution is -0.136. The number of fused-ring (bicyclic) bond motifs is 4. The molecule has 2 aliphatic heterocycles. The van der Waals surface area contributed by atoms with Crippen LogP contribution in [0.15, 0.2) is 66.0 Å². The number of nitrogens with one attached hydrogen (secondary N) is 1. The van der Waals surface area contributed by atoms with Gasteiger partial charge in [0.15, 0.2) is 17.0 Å². The molecule has 1 unspecified atom stereocenters. The second-order valence-corrected chi connectivity index (χ2v) is 12.0. The zero-order valence-corrected chi connectivity index (χ0v) is 22.7. The van der Waals surface area contributed by atoms with E-state index < -0.39 is 5.54 Å². The number of carbonyl (C=O) groups excluding carboxylic acids is 2. The average molecular weight is 542 g/mol. The lowest BCUT2D eigenvalue weighted by Gasteiger charge is -2.47. The van der Waals surface area contributed by atoms with Gasteiger partial charge in [0, 0.05) is 12.6 Å². The third-order valence-corrected chi connectivity index (χ3v) is 9.44. The Labute approximate surface area is 231 Å². The fraction of sp³-hybridized carbons (Fsp3) is 0.355. The van der Waals surface area contributed by atoms with Crippen molar-refractivity contribution < 1.29 is 19.1 Å². The molecule has 0 spiro atoms. The van der Waals surface area contributed by atoms with Gasteiger partial charge >= 0.3 is 0 Å². The van der Waals surface area contributed by atoms with Gasteiger partial charge in [0.25, 0.3) is 11.8 Å². The number of ether oxygens (including phenoxy) is 2. The van der Waals surface area contributed by atoms with Gasteiger partial charge in [-0.05, 0) is 72.4 Å². The van der Waals surface area contributed by atoms with E-state index in [1.165, 1.54) is 0 Å². The number of rotatable bonds is 5. The van der Waals surface area contributed by atoms with Crippen LogP contribution in [0, 0.1) is 5.92 Å². The molecule has 4 heterocycles. The van der Waals surface area contributed by atoms with E-state index in [0.29, 0.717) is 29.7 Å². The Balaban J connectivity index is 1.37. The molecule has 1 fully saturated rings. The molecular weight excluding hydrogens is 510 g/mol. The van der Waals surface area contributed by atoms with E-state index in [9.17, 15) is 9.59 Å². The largest absolute Gasteiger partial charge is 0.454 e. The van der Waals surface area contributed by atoms with Gasteiger partial charge in [0.2, 0.25) is 6.79 Å². The highest BCUT2D eigenvalue weighted by Crippen LogP contribution is 2.42. The zero-order chi connectivity index (χ0) is 26.6. The summed E-state index contributed by atoms with van der Waals surface area (Å²) in [5.41, 5.74) is 2.07. The van der Waals surface area contributed by atoms with E-state index in [2.05, 4.69) is 12.2 Å². The molecule has 2 aromatic heterocycles. The number of nitrogens with zero attached hydrogens (tertiary/aromatic N) is 2. The summed E-state index contributed by atoms with van der Waals surface area (Å²) in [6, 6.07) is 19.6. The maximum atomic E-state index is 14.6. The summed E-state index contributed by atoms with van der Waals surface area (Å²) in [6.07, 6.45) is 4.11. The first-order chi connectivity index (χ1) is 19.0. The summed E-state index contributed by atoms with van der Waals surface area (Å²) >= 11 is 1.61. The minimum absolute atomic E-state index is 0.101. The van der Waals surface area contributed by atoms with Crippen molar-refractivity contribution in [2.75, 3.05) is 6.79 Å². The molecule has 8 heteroatoms. The number of amides is 2. The second kappa shape index (κ2) is 9.45. The Morgan fingerprint density at radius 1 is 1.03 bits per heavy atom. The quantitative estimate of drug-likeness (QED) is 0.353. The Bertz CT molecular complexity index is 1550. The molecule has 0 saturated heterocycles. The molecule has 1 atom stereocenters. The molecule has 1 N–H and O–H groups in total. The molecule has 4 aromatic rings. The SMILES string of the molecule is CC1CCC(NC(=O)C2(c3ccccc3)Cn3c(cc4sccc43)C(=O)N2Cc2ccc3c(c2)OCO3)CC1. The van der Waals surface area contributed by atoms with E-state index in [0.717, 1.165) is 47.0 Å². The maximum absolute atomic E-state index is 14.6. The van der Waals surface area contributed by atoms with Gasteiger partial charge in [-0.3, -0.25) is 9.59 Å². The van der Waals surface area contributed by atoms with Gasteiger partial charge in [0.1, 0.15) is 5.69 Å². The van der Waals surface area contributed by atoms with E-state index in [4.69, 9.17) is 9.47 Å².